The Labute approximate surface area is 114 Å². The van der Waals surface area contributed by atoms with E-state index in [2.05, 4.69) is 41.2 Å². The summed E-state index contributed by atoms with van der Waals surface area (Å²) in [6.07, 6.45) is 7.43. The van der Waals surface area contributed by atoms with E-state index in [9.17, 15) is 0 Å². The third kappa shape index (κ3) is 4.01. The van der Waals surface area contributed by atoms with Crippen LogP contribution < -0.4 is 5.32 Å². The Kier molecular flexibility index (Phi) is 4.87. The number of hydrogen-bond donors (Lipinski definition) is 1. The van der Waals surface area contributed by atoms with Gasteiger partial charge in [0.15, 0.2) is 0 Å². The van der Waals surface area contributed by atoms with Crippen molar-refractivity contribution < 1.29 is 0 Å². The van der Waals surface area contributed by atoms with Crippen molar-refractivity contribution in [2.24, 2.45) is 5.92 Å². The lowest BCUT2D eigenvalue weighted by Gasteiger charge is -2.16. The first-order chi connectivity index (χ1) is 9.16. The quantitative estimate of drug-likeness (QED) is 0.765. The first-order valence-corrected chi connectivity index (χ1v) is 6.82. The largest absolute Gasteiger partial charge is 0.315 e. The van der Waals surface area contributed by atoms with Crippen molar-refractivity contribution in [2.45, 2.75) is 20.4 Å². The van der Waals surface area contributed by atoms with Crippen LogP contribution in [0, 0.1) is 5.92 Å². The predicted octanol–water partition coefficient (Wildman–Crippen LogP) is 1.41. The SMILES string of the molecule is CC(C)CNCCN(C)Cc1cnn2ccncc12. The molecule has 0 spiro atoms. The zero-order valence-corrected chi connectivity index (χ0v) is 12.0. The molecule has 0 aliphatic carbocycles. The van der Waals surface area contributed by atoms with E-state index >= 15 is 0 Å². The van der Waals surface area contributed by atoms with E-state index in [0.717, 1.165) is 31.7 Å². The first-order valence-electron chi connectivity index (χ1n) is 6.82. The van der Waals surface area contributed by atoms with Gasteiger partial charge in [-0.15, -0.1) is 0 Å². The third-order valence-electron chi connectivity index (χ3n) is 3.07. The van der Waals surface area contributed by atoms with Crippen LogP contribution in [0.1, 0.15) is 19.4 Å². The molecule has 104 valence electrons. The molecule has 0 bridgehead atoms. The minimum absolute atomic E-state index is 0.705. The topological polar surface area (TPSA) is 45.5 Å². The molecule has 1 N–H and O–H groups in total. The molecule has 0 unspecified atom stereocenters. The van der Waals surface area contributed by atoms with E-state index in [-0.39, 0.29) is 0 Å². The number of likely N-dealkylation sites (N-methyl/N-ethyl adjacent to an activating group) is 1. The molecular weight excluding hydrogens is 238 g/mol. The average molecular weight is 261 g/mol. The maximum Gasteiger partial charge on any atom is 0.0889 e. The summed E-state index contributed by atoms with van der Waals surface area (Å²) in [5.74, 6) is 0.705. The number of fused-ring (bicyclic) bond motifs is 1. The van der Waals surface area contributed by atoms with E-state index in [1.807, 2.05) is 23.1 Å². The van der Waals surface area contributed by atoms with Crippen molar-refractivity contribution in [3.05, 3.63) is 30.4 Å². The Hall–Kier alpha value is -1.46. The lowest BCUT2D eigenvalue weighted by atomic mass is 10.2. The fraction of sp³-hybridized carbons (Fsp3) is 0.571. The molecule has 0 fully saturated rings. The van der Waals surface area contributed by atoms with Gasteiger partial charge in [0.25, 0.3) is 0 Å². The third-order valence-corrected chi connectivity index (χ3v) is 3.07. The number of hydrogen-bond acceptors (Lipinski definition) is 4. The van der Waals surface area contributed by atoms with Crippen LogP contribution >= 0.6 is 0 Å². The van der Waals surface area contributed by atoms with E-state index in [0.29, 0.717) is 5.92 Å². The van der Waals surface area contributed by atoms with Crippen LogP contribution in [0.25, 0.3) is 5.52 Å². The Bertz CT molecular complexity index is 505. The molecule has 2 heterocycles. The summed E-state index contributed by atoms with van der Waals surface area (Å²) < 4.78 is 1.87. The standard InChI is InChI=1S/C14H23N5/c1-12(2)8-15-4-6-18(3)11-13-9-17-19-7-5-16-10-14(13)19/h5,7,9-10,12,15H,4,6,8,11H2,1-3H3. The van der Waals surface area contributed by atoms with Crippen LogP contribution in [0.4, 0.5) is 0 Å². The molecular formula is C14H23N5. The van der Waals surface area contributed by atoms with Crippen molar-refractivity contribution in [1.29, 1.82) is 0 Å². The zero-order valence-electron chi connectivity index (χ0n) is 12.0. The molecule has 0 amide bonds. The number of nitrogens with one attached hydrogen (secondary N) is 1. The van der Waals surface area contributed by atoms with E-state index in [1.54, 1.807) is 6.20 Å². The van der Waals surface area contributed by atoms with Crippen LogP contribution in [-0.4, -0.2) is 46.2 Å². The Balaban J connectivity index is 1.83. The summed E-state index contributed by atoms with van der Waals surface area (Å²) in [4.78, 5) is 6.46. The van der Waals surface area contributed by atoms with Gasteiger partial charge < -0.3 is 10.2 Å². The van der Waals surface area contributed by atoms with Gasteiger partial charge in [-0.1, -0.05) is 13.8 Å². The molecule has 19 heavy (non-hydrogen) atoms. The van der Waals surface area contributed by atoms with Crippen LogP contribution in [-0.2, 0) is 6.54 Å². The summed E-state index contributed by atoms with van der Waals surface area (Å²) in [7, 11) is 2.14. The van der Waals surface area contributed by atoms with Crippen LogP contribution in [0.15, 0.2) is 24.8 Å². The summed E-state index contributed by atoms with van der Waals surface area (Å²) in [6, 6.07) is 0. The highest BCUT2D eigenvalue weighted by atomic mass is 15.2. The minimum Gasteiger partial charge on any atom is -0.315 e. The second kappa shape index (κ2) is 6.63. The molecule has 0 saturated carbocycles. The van der Waals surface area contributed by atoms with Crippen molar-refractivity contribution >= 4 is 5.52 Å². The summed E-state index contributed by atoms with van der Waals surface area (Å²) >= 11 is 0. The van der Waals surface area contributed by atoms with E-state index < -0.39 is 0 Å². The number of nitrogens with zero attached hydrogens (tertiary/aromatic N) is 4. The molecule has 5 nitrogen and oxygen atoms in total. The molecule has 2 aromatic rings. The second-order valence-electron chi connectivity index (χ2n) is 5.41. The van der Waals surface area contributed by atoms with Gasteiger partial charge in [-0.3, -0.25) is 4.98 Å². The number of rotatable bonds is 7. The fourth-order valence-electron chi connectivity index (χ4n) is 2.04. The maximum atomic E-state index is 4.33. The smallest absolute Gasteiger partial charge is 0.0889 e. The van der Waals surface area contributed by atoms with Crippen molar-refractivity contribution in [1.82, 2.24) is 24.8 Å². The maximum absolute atomic E-state index is 4.33. The van der Waals surface area contributed by atoms with Gasteiger partial charge in [-0.05, 0) is 19.5 Å². The fourth-order valence-corrected chi connectivity index (χ4v) is 2.04. The summed E-state index contributed by atoms with van der Waals surface area (Å²) in [6.45, 7) is 8.48. The molecule has 0 radical (unpaired) electrons. The molecule has 2 rings (SSSR count). The zero-order chi connectivity index (χ0) is 13.7. The molecule has 2 aromatic heterocycles. The van der Waals surface area contributed by atoms with Crippen molar-refractivity contribution in [3.8, 4) is 0 Å². The van der Waals surface area contributed by atoms with Gasteiger partial charge in [0.1, 0.15) is 0 Å². The summed E-state index contributed by atoms with van der Waals surface area (Å²) in [5, 5.41) is 7.78. The van der Waals surface area contributed by atoms with Crippen LogP contribution in [0.5, 0.6) is 0 Å². The Morgan fingerprint density at radius 2 is 2.21 bits per heavy atom. The minimum atomic E-state index is 0.705. The highest BCUT2D eigenvalue weighted by Gasteiger charge is 2.06. The van der Waals surface area contributed by atoms with Gasteiger partial charge in [0.05, 0.1) is 17.9 Å². The van der Waals surface area contributed by atoms with Gasteiger partial charge in [0.2, 0.25) is 0 Å². The summed E-state index contributed by atoms with van der Waals surface area (Å²) in [5.41, 5.74) is 2.31. The highest BCUT2D eigenvalue weighted by Crippen LogP contribution is 2.10. The Morgan fingerprint density at radius 1 is 1.37 bits per heavy atom. The predicted molar refractivity (Wildman–Crippen MR) is 77.0 cm³/mol. The van der Waals surface area contributed by atoms with E-state index in [1.165, 1.54) is 5.56 Å². The molecule has 0 aromatic carbocycles. The molecule has 5 heteroatoms. The van der Waals surface area contributed by atoms with Gasteiger partial charge in [-0.2, -0.15) is 5.10 Å². The van der Waals surface area contributed by atoms with Gasteiger partial charge in [0, 0.05) is 37.6 Å². The second-order valence-corrected chi connectivity index (χ2v) is 5.41. The van der Waals surface area contributed by atoms with Crippen molar-refractivity contribution in [3.63, 3.8) is 0 Å². The van der Waals surface area contributed by atoms with Crippen molar-refractivity contribution in [2.75, 3.05) is 26.7 Å². The number of aromatic nitrogens is 3. The molecule has 0 atom stereocenters. The van der Waals surface area contributed by atoms with Gasteiger partial charge >= 0.3 is 0 Å². The lowest BCUT2D eigenvalue weighted by molar-refractivity contribution is 0.322. The average Bonchev–Trinajstić information content (AvgIpc) is 2.78. The highest BCUT2D eigenvalue weighted by molar-refractivity contribution is 5.51. The van der Waals surface area contributed by atoms with Gasteiger partial charge in [-0.25, -0.2) is 4.52 Å². The Morgan fingerprint density at radius 3 is 3.00 bits per heavy atom. The van der Waals surface area contributed by atoms with Crippen LogP contribution in [0.2, 0.25) is 0 Å². The normalized spacial score (nSPS) is 11.8. The lowest BCUT2D eigenvalue weighted by Crippen LogP contribution is -2.30. The van der Waals surface area contributed by atoms with Crippen LogP contribution in [0.3, 0.4) is 0 Å². The molecule has 0 aliphatic heterocycles. The van der Waals surface area contributed by atoms with E-state index in [4.69, 9.17) is 0 Å². The monoisotopic (exact) mass is 261 g/mol. The molecule has 0 saturated heterocycles. The molecule has 0 aliphatic rings. The first kappa shape index (κ1) is 14.0.